The van der Waals surface area contributed by atoms with Crippen molar-refractivity contribution in [3.8, 4) is 0 Å². The molecule has 0 radical (unpaired) electrons. The number of nitrogens with zero attached hydrogens (tertiary/aromatic N) is 7. The van der Waals surface area contributed by atoms with E-state index in [1.165, 1.54) is 34.4 Å². The fraction of sp³-hybridized carbons (Fsp3) is 0.308. The van der Waals surface area contributed by atoms with Gasteiger partial charge in [-0.3, -0.25) is 0 Å². The Morgan fingerprint density at radius 3 is 2.74 bits per heavy atom. The molecule has 0 saturated heterocycles. The van der Waals surface area contributed by atoms with E-state index in [9.17, 15) is 13.9 Å². The molecule has 0 aliphatic carbocycles. The number of aromatic nitrogens is 7. The first-order valence-corrected chi connectivity index (χ1v) is 6.73. The predicted octanol–water partition coefficient (Wildman–Crippen LogP) is 0.692. The molecule has 0 bridgehead atoms. The summed E-state index contributed by atoms with van der Waals surface area (Å²) in [7, 11) is 0. The lowest BCUT2D eigenvalue weighted by molar-refractivity contribution is -0.0374. The monoisotopic (exact) mass is 321 g/mol. The molecular formula is C13H13F2N7O. The molecule has 8 nitrogen and oxygen atoms in total. The Morgan fingerprint density at radius 1 is 1.30 bits per heavy atom. The van der Waals surface area contributed by atoms with Crippen LogP contribution < -0.4 is 0 Å². The van der Waals surface area contributed by atoms with E-state index < -0.39 is 23.3 Å². The third kappa shape index (κ3) is 2.80. The Labute approximate surface area is 129 Å². The van der Waals surface area contributed by atoms with Crippen molar-refractivity contribution in [2.45, 2.75) is 25.1 Å². The maximum atomic E-state index is 14.3. The summed E-state index contributed by atoms with van der Waals surface area (Å²) < 4.78 is 30.1. The molecule has 0 spiro atoms. The van der Waals surface area contributed by atoms with E-state index in [2.05, 4.69) is 25.6 Å². The van der Waals surface area contributed by atoms with Crippen LogP contribution in [0.25, 0.3) is 0 Å². The van der Waals surface area contributed by atoms with Crippen LogP contribution in [-0.4, -0.2) is 40.1 Å². The number of rotatable bonds is 5. The zero-order valence-electron chi connectivity index (χ0n) is 12.1. The van der Waals surface area contributed by atoms with Crippen molar-refractivity contribution in [2.75, 3.05) is 0 Å². The minimum atomic E-state index is -1.78. The highest BCUT2D eigenvalue weighted by molar-refractivity contribution is 5.26. The molecule has 2 aromatic heterocycles. The SMILES string of the molecule is C[C@@H](n1cnnn1)[C@@](O)(Cn1cncn1)c1ccc(F)cc1F. The van der Waals surface area contributed by atoms with Crippen LogP contribution in [-0.2, 0) is 12.1 Å². The molecule has 2 heterocycles. The molecule has 120 valence electrons. The molecule has 0 unspecified atom stereocenters. The molecule has 0 fully saturated rings. The second kappa shape index (κ2) is 5.80. The van der Waals surface area contributed by atoms with Crippen molar-refractivity contribution in [1.82, 2.24) is 35.0 Å². The van der Waals surface area contributed by atoms with Gasteiger partial charge in [-0.15, -0.1) is 5.10 Å². The van der Waals surface area contributed by atoms with Crippen LogP contribution in [0.4, 0.5) is 8.78 Å². The van der Waals surface area contributed by atoms with Gasteiger partial charge in [0.2, 0.25) is 0 Å². The third-order valence-electron chi connectivity index (χ3n) is 3.72. The van der Waals surface area contributed by atoms with Gasteiger partial charge in [0.05, 0.1) is 12.6 Å². The lowest BCUT2D eigenvalue weighted by Crippen LogP contribution is -2.41. The lowest BCUT2D eigenvalue weighted by Gasteiger charge is -2.34. The summed E-state index contributed by atoms with van der Waals surface area (Å²) in [6.45, 7) is 1.51. The Hall–Kier alpha value is -2.75. The van der Waals surface area contributed by atoms with Crippen LogP contribution in [0.3, 0.4) is 0 Å². The second-order valence-electron chi connectivity index (χ2n) is 5.11. The molecule has 10 heteroatoms. The zero-order chi connectivity index (χ0) is 16.4. The average Bonchev–Trinajstić information content (AvgIpc) is 3.19. The summed E-state index contributed by atoms with van der Waals surface area (Å²) in [5.74, 6) is -1.60. The van der Waals surface area contributed by atoms with Gasteiger partial charge in [0, 0.05) is 11.6 Å². The van der Waals surface area contributed by atoms with Crippen molar-refractivity contribution < 1.29 is 13.9 Å². The molecule has 23 heavy (non-hydrogen) atoms. The standard InChI is InChI=1S/C13H13F2N7O/c1-9(22-8-17-19-20-22)13(23,5-21-7-16-6-18-21)11-3-2-10(14)4-12(11)15/h2-4,6-9,23H,5H2,1H3/t9-,13+/m1/s1. The van der Waals surface area contributed by atoms with Gasteiger partial charge in [0.1, 0.15) is 36.2 Å². The number of aliphatic hydroxyl groups is 1. The van der Waals surface area contributed by atoms with E-state index in [-0.39, 0.29) is 12.1 Å². The molecule has 0 saturated carbocycles. The van der Waals surface area contributed by atoms with E-state index in [4.69, 9.17) is 0 Å². The number of halogens is 2. The second-order valence-corrected chi connectivity index (χ2v) is 5.11. The zero-order valence-corrected chi connectivity index (χ0v) is 12.1. The fourth-order valence-corrected chi connectivity index (χ4v) is 2.41. The molecule has 3 aromatic rings. The van der Waals surface area contributed by atoms with Crippen molar-refractivity contribution in [3.63, 3.8) is 0 Å². The van der Waals surface area contributed by atoms with Crippen LogP contribution in [0, 0.1) is 11.6 Å². The summed E-state index contributed by atoms with van der Waals surface area (Å²) in [5, 5.41) is 25.9. The van der Waals surface area contributed by atoms with E-state index in [1.807, 2.05) is 0 Å². The molecule has 0 aliphatic rings. The van der Waals surface area contributed by atoms with Crippen molar-refractivity contribution in [1.29, 1.82) is 0 Å². The topological polar surface area (TPSA) is 94.5 Å². The van der Waals surface area contributed by atoms with Crippen molar-refractivity contribution in [2.24, 2.45) is 0 Å². The summed E-state index contributed by atoms with van der Waals surface area (Å²) in [6, 6.07) is 2.25. The first kappa shape index (κ1) is 15.2. The number of hydrogen-bond acceptors (Lipinski definition) is 6. The lowest BCUT2D eigenvalue weighted by atomic mass is 9.86. The highest BCUT2D eigenvalue weighted by Crippen LogP contribution is 2.35. The Kier molecular flexibility index (Phi) is 3.82. The van der Waals surface area contributed by atoms with Gasteiger partial charge in [-0.05, 0) is 23.4 Å². The summed E-state index contributed by atoms with van der Waals surface area (Å²) >= 11 is 0. The minimum Gasteiger partial charge on any atom is -0.381 e. The van der Waals surface area contributed by atoms with Gasteiger partial charge in [-0.25, -0.2) is 23.1 Å². The third-order valence-corrected chi connectivity index (χ3v) is 3.72. The predicted molar refractivity (Wildman–Crippen MR) is 72.8 cm³/mol. The largest absolute Gasteiger partial charge is 0.381 e. The number of tetrazole rings is 1. The van der Waals surface area contributed by atoms with E-state index in [1.54, 1.807) is 6.92 Å². The highest BCUT2D eigenvalue weighted by Gasteiger charge is 2.41. The Bertz CT molecular complexity index is 778. The maximum absolute atomic E-state index is 14.3. The van der Waals surface area contributed by atoms with Gasteiger partial charge < -0.3 is 5.11 Å². The van der Waals surface area contributed by atoms with Gasteiger partial charge >= 0.3 is 0 Å². The first-order valence-electron chi connectivity index (χ1n) is 6.73. The van der Waals surface area contributed by atoms with E-state index in [0.29, 0.717) is 6.07 Å². The van der Waals surface area contributed by atoms with Crippen molar-refractivity contribution in [3.05, 3.63) is 54.4 Å². The summed E-state index contributed by atoms with van der Waals surface area (Å²) in [4.78, 5) is 3.80. The van der Waals surface area contributed by atoms with Crippen LogP contribution >= 0.6 is 0 Å². The van der Waals surface area contributed by atoms with Gasteiger partial charge in [-0.2, -0.15) is 5.10 Å². The van der Waals surface area contributed by atoms with Gasteiger partial charge in [-0.1, -0.05) is 6.07 Å². The van der Waals surface area contributed by atoms with Gasteiger partial charge in [0.15, 0.2) is 0 Å². The minimum absolute atomic E-state index is 0.0857. The smallest absolute Gasteiger partial charge is 0.138 e. The number of hydrogen-bond donors (Lipinski definition) is 1. The molecule has 0 amide bonds. The molecule has 3 rings (SSSR count). The highest BCUT2D eigenvalue weighted by atomic mass is 19.1. The first-order chi connectivity index (χ1) is 11.0. The Balaban J connectivity index is 2.08. The van der Waals surface area contributed by atoms with Crippen molar-refractivity contribution >= 4 is 0 Å². The maximum Gasteiger partial charge on any atom is 0.138 e. The average molecular weight is 321 g/mol. The number of benzene rings is 1. The summed E-state index contributed by atoms with van der Waals surface area (Å²) in [6.07, 6.45) is 3.99. The van der Waals surface area contributed by atoms with E-state index >= 15 is 0 Å². The molecule has 0 aliphatic heterocycles. The normalized spacial score (nSPS) is 15.3. The van der Waals surface area contributed by atoms with Crippen LogP contribution in [0.5, 0.6) is 0 Å². The van der Waals surface area contributed by atoms with Gasteiger partial charge in [0.25, 0.3) is 0 Å². The molecule has 2 atom stereocenters. The molecule has 1 aromatic carbocycles. The van der Waals surface area contributed by atoms with Crippen LogP contribution in [0.2, 0.25) is 0 Å². The summed E-state index contributed by atoms with van der Waals surface area (Å²) in [5.41, 5.74) is -1.86. The van der Waals surface area contributed by atoms with Crippen LogP contribution in [0.15, 0.2) is 37.2 Å². The molecular weight excluding hydrogens is 308 g/mol. The van der Waals surface area contributed by atoms with E-state index in [0.717, 1.165) is 6.07 Å². The quantitative estimate of drug-likeness (QED) is 0.743. The molecule has 1 N–H and O–H groups in total. The fourth-order valence-electron chi connectivity index (χ4n) is 2.41. The van der Waals surface area contributed by atoms with Crippen LogP contribution in [0.1, 0.15) is 18.5 Å². The Morgan fingerprint density at radius 2 is 2.13 bits per heavy atom.